The lowest BCUT2D eigenvalue weighted by atomic mass is 10.2. The molecule has 0 unspecified atom stereocenters. The first-order chi connectivity index (χ1) is 12.5. The lowest BCUT2D eigenvalue weighted by Crippen LogP contribution is -2.08. The van der Waals surface area contributed by atoms with Gasteiger partial charge in [0.25, 0.3) is 0 Å². The van der Waals surface area contributed by atoms with E-state index in [1.54, 1.807) is 12.1 Å². The number of carboxylic acids is 1. The number of carbonyl (C=O) groups is 1. The highest BCUT2D eigenvalue weighted by atomic mass is 16.6. The maximum absolute atomic E-state index is 11.5. The van der Waals surface area contributed by atoms with E-state index in [-0.39, 0.29) is 29.4 Å². The summed E-state index contributed by atoms with van der Waals surface area (Å²) in [5.41, 5.74) is 0.226. The van der Waals surface area contributed by atoms with Gasteiger partial charge in [0.1, 0.15) is 12.1 Å². The van der Waals surface area contributed by atoms with Crippen molar-refractivity contribution in [3.8, 4) is 0 Å². The number of hydrogen-bond acceptors (Lipinski definition) is 8. The summed E-state index contributed by atoms with van der Waals surface area (Å²) in [7, 11) is 0. The van der Waals surface area contributed by atoms with Crippen molar-refractivity contribution >= 4 is 29.0 Å². The number of nitrogens with zero attached hydrogens (tertiary/aromatic N) is 3. The topological polar surface area (TPSA) is 143 Å². The molecule has 132 valence electrons. The van der Waals surface area contributed by atoms with Gasteiger partial charge in [-0.1, -0.05) is 0 Å². The fourth-order valence-corrected chi connectivity index (χ4v) is 2.19. The van der Waals surface area contributed by atoms with Crippen molar-refractivity contribution in [3.63, 3.8) is 0 Å². The number of furan rings is 1. The number of nitro groups is 1. The molecule has 0 spiro atoms. The largest absolute Gasteiger partial charge is 0.478 e. The van der Waals surface area contributed by atoms with Gasteiger partial charge < -0.3 is 20.2 Å². The van der Waals surface area contributed by atoms with Gasteiger partial charge in [-0.3, -0.25) is 10.1 Å². The molecule has 1 aromatic carbocycles. The molecule has 2 aromatic heterocycles. The van der Waals surface area contributed by atoms with Crippen LogP contribution >= 0.6 is 0 Å². The monoisotopic (exact) mass is 355 g/mol. The Balaban J connectivity index is 1.85. The molecule has 0 fully saturated rings. The maximum Gasteiger partial charge on any atom is 0.353 e. The summed E-state index contributed by atoms with van der Waals surface area (Å²) in [6, 6.07) is 9.18. The average Bonchev–Trinajstić information content (AvgIpc) is 3.14. The van der Waals surface area contributed by atoms with Gasteiger partial charge in [0.05, 0.1) is 23.3 Å². The second-order valence-corrected chi connectivity index (χ2v) is 5.12. The first-order valence-corrected chi connectivity index (χ1v) is 7.40. The Morgan fingerprint density at radius 1 is 1.19 bits per heavy atom. The van der Waals surface area contributed by atoms with Crippen molar-refractivity contribution in [1.82, 2.24) is 9.97 Å². The van der Waals surface area contributed by atoms with Crippen molar-refractivity contribution < 1.29 is 19.2 Å². The molecule has 10 heteroatoms. The molecule has 0 aliphatic rings. The van der Waals surface area contributed by atoms with Crippen LogP contribution in [0, 0.1) is 10.1 Å². The van der Waals surface area contributed by atoms with E-state index >= 15 is 0 Å². The fraction of sp³-hybridized carbons (Fsp3) is 0.0625. The number of hydrogen-bond donors (Lipinski definition) is 3. The summed E-state index contributed by atoms with van der Waals surface area (Å²) < 4.78 is 5.17. The van der Waals surface area contributed by atoms with E-state index in [2.05, 4.69) is 20.6 Å². The van der Waals surface area contributed by atoms with Crippen LogP contribution in [-0.2, 0) is 6.54 Å². The van der Waals surface area contributed by atoms with E-state index < -0.39 is 10.9 Å². The van der Waals surface area contributed by atoms with Crippen molar-refractivity contribution in [1.29, 1.82) is 0 Å². The zero-order valence-electron chi connectivity index (χ0n) is 13.2. The molecule has 0 atom stereocenters. The van der Waals surface area contributed by atoms with Crippen LogP contribution in [-0.4, -0.2) is 26.0 Å². The molecule has 3 N–H and O–H groups in total. The number of carboxylic acid groups (broad SMARTS) is 1. The number of aromatic carboxylic acids is 1. The first-order valence-electron chi connectivity index (χ1n) is 7.40. The normalized spacial score (nSPS) is 10.3. The summed E-state index contributed by atoms with van der Waals surface area (Å²) in [6.45, 7) is 0.220. The van der Waals surface area contributed by atoms with E-state index in [0.717, 1.165) is 0 Å². The number of nitrogens with one attached hydrogen (secondary N) is 2. The summed E-state index contributed by atoms with van der Waals surface area (Å²) in [6.07, 6.45) is 2.69. The minimum atomic E-state index is -1.06. The third-order valence-electron chi connectivity index (χ3n) is 3.41. The molecule has 0 saturated carbocycles. The van der Waals surface area contributed by atoms with Crippen molar-refractivity contribution in [2.24, 2.45) is 0 Å². The average molecular weight is 355 g/mol. The Labute approximate surface area is 146 Å². The Kier molecular flexibility index (Phi) is 4.74. The minimum Gasteiger partial charge on any atom is -0.478 e. The molecular formula is C16H13N5O5. The predicted octanol–water partition coefficient (Wildman–Crippen LogP) is 3.03. The Hall–Kier alpha value is -3.95. The van der Waals surface area contributed by atoms with Gasteiger partial charge >= 0.3 is 11.7 Å². The zero-order valence-corrected chi connectivity index (χ0v) is 13.2. The summed E-state index contributed by atoms with van der Waals surface area (Å²) in [5, 5.41) is 26.0. The van der Waals surface area contributed by atoms with E-state index in [9.17, 15) is 14.9 Å². The smallest absolute Gasteiger partial charge is 0.353 e. The Morgan fingerprint density at radius 3 is 2.54 bits per heavy atom. The van der Waals surface area contributed by atoms with Crippen LogP contribution in [0.25, 0.3) is 0 Å². The molecule has 0 amide bonds. The standard InChI is InChI=1S/C16H13N5O5/c22-16(23)10-3-5-11(6-4-10)20-15-13(21(24)25)14(18-9-19-15)17-8-12-2-1-7-26-12/h1-7,9H,8H2,(H,22,23)(H2,17,18,19,20). The van der Waals surface area contributed by atoms with Gasteiger partial charge in [0.15, 0.2) is 0 Å². The third-order valence-corrected chi connectivity index (χ3v) is 3.41. The van der Waals surface area contributed by atoms with Crippen LogP contribution in [0.5, 0.6) is 0 Å². The molecule has 26 heavy (non-hydrogen) atoms. The summed E-state index contributed by atoms with van der Waals surface area (Å²) in [5.74, 6) is -0.452. The van der Waals surface area contributed by atoms with E-state index in [0.29, 0.717) is 11.4 Å². The molecule has 0 aliphatic heterocycles. The fourth-order valence-electron chi connectivity index (χ4n) is 2.19. The lowest BCUT2D eigenvalue weighted by molar-refractivity contribution is -0.383. The molecule has 2 heterocycles. The number of anilines is 3. The van der Waals surface area contributed by atoms with Gasteiger partial charge in [0.2, 0.25) is 11.6 Å². The summed E-state index contributed by atoms with van der Waals surface area (Å²) >= 11 is 0. The van der Waals surface area contributed by atoms with Gasteiger partial charge in [0, 0.05) is 5.69 Å². The third kappa shape index (κ3) is 3.75. The molecular weight excluding hydrogens is 342 g/mol. The molecule has 0 aliphatic carbocycles. The van der Waals surface area contributed by atoms with Crippen molar-refractivity contribution in [3.05, 3.63) is 70.4 Å². The van der Waals surface area contributed by atoms with Crippen LogP contribution in [0.3, 0.4) is 0 Å². The van der Waals surface area contributed by atoms with Gasteiger partial charge in [-0.15, -0.1) is 0 Å². The highest BCUT2D eigenvalue weighted by molar-refractivity contribution is 5.88. The molecule has 0 saturated heterocycles. The first kappa shape index (κ1) is 16.9. The second kappa shape index (κ2) is 7.30. The van der Waals surface area contributed by atoms with Crippen LogP contribution in [0.2, 0.25) is 0 Å². The molecule has 0 radical (unpaired) electrons. The molecule has 0 bridgehead atoms. The van der Waals surface area contributed by atoms with Crippen LogP contribution in [0.15, 0.2) is 53.4 Å². The highest BCUT2D eigenvalue weighted by Crippen LogP contribution is 2.31. The number of rotatable bonds is 7. The summed E-state index contributed by atoms with van der Waals surface area (Å²) in [4.78, 5) is 29.6. The minimum absolute atomic E-state index is 0.0185. The van der Waals surface area contributed by atoms with Gasteiger partial charge in [-0.2, -0.15) is 0 Å². The van der Waals surface area contributed by atoms with Crippen LogP contribution in [0.1, 0.15) is 16.1 Å². The van der Waals surface area contributed by atoms with Crippen molar-refractivity contribution in [2.75, 3.05) is 10.6 Å². The number of benzene rings is 1. The van der Waals surface area contributed by atoms with Gasteiger partial charge in [-0.05, 0) is 36.4 Å². The molecule has 3 rings (SSSR count). The van der Waals surface area contributed by atoms with Gasteiger partial charge in [-0.25, -0.2) is 14.8 Å². The van der Waals surface area contributed by atoms with Crippen LogP contribution < -0.4 is 10.6 Å². The maximum atomic E-state index is 11.5. The quantitative estimate of drug-likeness (QED) is 0.430. The van der Waals surface area contributed by atoms with Crippen molar-refractivity contribution in [2.45, 2.75) is 6.54 Å². The van der Waals surface area contributed by atoms with Crippen LogP contribution in [0.4, 0.5) is 23.0 Å². The van der Waals surface area contributed by atoms with E-state index in [1.807, 2.05) is 0 Å². The predicted molar refractivity (Wildman–Crippen MR) is 91.4 cm³/mol. The lowest BCUT2D eigenvalue weighted by Gasteiger charge is -2.09. The second-order valence-electron chi connectivity index (χ2n) is 5.12. The Bertz CT molecular complexity index is 925. The SMILES string of the molecule is O=C(O)c1ccc(Nc2ncnc(NCc3ccco3)c2[N+](=O)[O-])cc1. The van der Waals surface area contributed by atoms with E-state index in [1.165, 1.54) is 36.9 Å². The molecule has 3 aromatic rings. The van der Waals surface area contributed by atoms with E-state index in [4.69, 9.17) is 9.52 Å². The molecule has 10 nitrogen and oxygen atoms in total. The Morgan fingerprint density at radius 2 is 1.92 bits per heavy atom. The number of aromatic nitrogens is 2. The zero-order chi connectivity index (χ0) is 18.5. The highest BCUT2D eigenvalue weighted by Gasteiger charge is 2.23.